The van der Waals surface area contributed by atoms with E-state index in [1.807, 2.05) is 31.5 Å². The van der Waals surface area contributed by atoms with Crippen molar-refractivity contribution >= 4 is 27.0 Å². The van der Waals surface area contributed by atoms with Gasteiger partial charge in [-0.05, 0) is 73.3 Å². The number of sulfone groups is 1. The second-order valence-corrected chi connectivity index (χ2v) is 11.7. The lowest BCUT2D eigenvalue weighted by Gasteiger charge is -2.15. The summed E-state index contributed by atoms with van der Waals surface area (Å²) in [5.41, 5.74) is 2.88. The van der Waals surface area contributed by atoms with Crippen LogP contribution in [0.3, 0.4) is 0 Å². The molecule has 1 aromatic carbocycles. The van der Waals surface area contributed by atoms with Crippen LogP contribution < -0.4 is 0 Å². The predicted molar refractivity (Wildman–Crippen MR) is 121 cm³/mol. The highest BCUT2D eigenvalue weighted by molar-refractivity contribution is 7.92. The maximum Gasteiger partial charge on any atom is 0.181 e. The average molecular weight is 453 g/mol. The molecular formula is C25H28N2O4S. The summed E-state index contributed by atoms with van der Waals surface area (Å²) >= 11 is 0. The number of hydrogen-bond donors (Lipinski definition) is 0. The van der Waals surface area contributed by atoms with Crippen LogP contribution >= 0.6 is 0 Å². The smallest absolute Gasteiger partial charge is 0.181 e. The molecule has 1 heterocycles. The van der Waals surface area contributed by atoms with Gasteiger partial charge in [0, 0.05) is 31.7 Å². The van der Waals surface area contributed by atoms with Crippen LogP contribution in [0.25, 0.3) is 5.57 Å². The summed E-state index contributed by atoms with van der Waals surface area (Å²) < 4.78 is 27.7. The molecule has 0 radical (unpaired) electrons. The number of nitrogens with zero attached hydrogens (tertiary/aromatic N) is 2. The van der Waals surface area contributed by atoms with Gasteiger partial charge >= 0.3 is 0 Å². The van der Waals surface area contributed by atoms with Crippen molar-refractivity contribution in [2.75, 3.05) is 0 Å². The SMILES string of the molecule is Cn1ccc(CC(=O)/C(=C\[C@H]2CCC(=O)C2)c2ccc(S(=O)(=O)C3CC3)c(C3CC3)c2)n1. The number of Topliss-reactive ketones (excluding diaryl/α,β-unsaturated/α-hetero) is 2. The van der Waals surface area contributed by atoms with Gasteiger partial charge in [-0.1, -0.05) is 12.1 Å². The third-order valence-corrected chi connectivity index (χ3v) is 9.04. The van der Waals surface area contributed by atoms with E-state index in [1.54, 1.807) is 16.8 Å². The van der Waals surface area contributed by atoms with Crippen LogP contribution in [0, 0.1) is 5.92 Å². The summed E-state index contributed by atoms with van der Waals surface area (Å²) in [5.74, 6) is 0.470. The zero-order chi connectivity index (χ0) is 22.5. The molecule has 6 nitrogen and oxygen atoms in total. The fourth-order valence-corrected chi connectivity index (χ4v) is 6.56. The molecule has 32 heavy (non-hydrogen) atoms. The Labute approximate surface area is 188 Å². The minimum absolute atomic E-state index is 0.0458. The third kappa shape index (κ3) is 4.35. The Morgan fingerprint density at radius 1 is 1.16 bits per heavy atom. The molecule has 3 aliphatic rings. The quantitative estimate of drug-likeness (QED) is 0.569. The molecule has 0 amide bonds. The maximum atomic E-state index is 13.4. The molecule has 0 bridgehead atoms. The number of aryl methyl sites for hydroxylation is 1. The monoisotopic (exact) mass is 452 g/mol. The summed E-state index contributed by atoms with van der Waals surface area (Å²) in [6.07, 6.45) is 9.12. The van der Waals surface area contributed by atoms with Crippen molar-refractivity contribution in [1.82, 2.24) is 9.78 Å². The lowest BCUT2D eigenvalue weighted by molar-refractivity contribution is -0.117. The molecular weight excluding hydrogens is 424 g/mol. The second kappa shape index (κ2) is 8.10. The molecule has 1 aromatic heterocycles. The molecule has 0 N–H and O–H groups in total. The first-order valence-corrected chi connectivity index (χ1v) is 13.0. The van der Waals surface area contributed by atoms with Crippen LogP contribution in [-0.4, -0.2) is 35.0 Å². The standard InChI is InChI=1S/C25H28N2O4S/c1-27-11-10-19(26-27)15-24(29)22(13-16-2-6-20(28)12-16)18-5-9-25(23(14-18)17-3-4-17)32(30,31)21-7-8-21/h5,9-11,13-14,16-17,21H,2-4,6-8,12,15H2,1H3/b22-13-/t16-/m0/s1. The van der Waals surface area contributed by atoms with E-state index in [0.717, 1.165) is 43.2 Å². The molecule has 3 aliphatic carbocycles. The number of hydrogen-bond acceptors (Lipinski definition) is 5. The Morgan fingerprint density at radius 3 is 2.53 bits per heavy atom. The zero-order valence-electron chi connectivity index (χ0n) is 18.3. The third-order valence-electron chi connectivity index (χ3n) is 6.70. The fraction of sp³-hybridized carbons (Fsp3) is 0.480. The van der Waals surface area contributed by atoms with Gasteiger partial charge in [-0.25, -0.2) is 8.42 Å². The highest BCUT2D eigenvalue weighted by atomic mass is 32.2. The molecule has 0 saturated heterocycles. The van der Waals surface area contributed by atoms with Gasteiger partial charge in [0.2, 0.25) is 0 Å². The van der Waals surface area contributed by atoms with Crippen molar-refractivity contribution in [2.45, 2.75) is 67.4 Å². The molecule has 168 valence electrons. The van der Waals surface area contributed by atoms with E-state index in [2.05, 4.69) is 5.10 Å². The molecule has 3 saturated carbocycles. The zero-order valence-corrected chi connectivity index (χ0v) is 19.1. The molecule has 2 aromatic rings. The van der Waals surface area contributed by atoms with E-state index < -0.39 is 9.84 Å². The average Bonchev–Trinajstić information content (AvgIpc) is 3.68. The lowest BCUT2D eigenvalue weighted by atomic mass is 9.92. The van der Waals surface area contributed by atoms with Crippen molar-refractivity contribution < 1.29 is 18.0 Å². The van der Waals surface area contributed by atoms with E-state index in [0.29, 0.717) is 29.0 Å². The molecule has 3 fully saturated rings. The Morgan fingerprint density at radius 2 is 1.94 bits per heavy atom. The Bertz CT molecular complexity index is 1220. The summed E-state index contributed by atoms with van der Waals surface area (Å²) in [6.45, 7) is 0. The van der Waals surface area contributed by atoms with E-state index in [1.165, 1.54) is 0 Å². The van der Waals surface area contributed by atoms with Gasteiger partial charge in [-0.15, -0.1) is 0 Å². The van der Waals surface area contributed by atoms with Crippen LogP contribution in [0.15, 0.2) is 41.4 Å². The minimum Gasteiger partial charge on any atom is -0.300 e. The van der Waals surface area contributed by atoms with E-state index >= 15 is 0 Å². The van der Waals surface area contributed by atoms with Gasteiger partial charge in [-0.3, -0.25) is 14.3 Å². The van der Waals surface area contributed by atoms with Gasteiger partial charge in [0.05, 0.1) is 22.3 Å². The van der Waals surface area contributed by atoms with Gasteiger partial charge in [0.1, 0.15) is 5.78 Å². The summed E-state index contributed by atoms with van der Waals surface area (Å²) in [4.78, 5) is 25.6. The second-order valence-electron chi connectivity index (χ2n) is 9.47. The molecule has 0 unspecified atom stereocenters. The highest BCUT2D eigenvalue weighted by Crippen LogP contribution is 2.46. The van der Waals surface area contributed by atoms with Crippen molar-refractivity contribution in [3.05, 3.63) is 53.4 Å². The van der Waals surface area contributed by atoms with Gasteiger partial charge in [-0.2, -0.15) is 5.10 Å². The summed E-state index contributed by atoms with van der Waals surface area (Å²) in [7, 11) is -1.49. The van der Waals surface area contributed by atoms with Crippen molar-refractivity contribution in [2.24, 2.45) is 13.0 Å². The number of carbonyl (C=O) groups excluding carboxylic acids is 2. The van der Waals surface area contributed by atoms with Gasteiger partial charge < -0.3 is 0 Å². The van der Waals surface area contributed by atoms with Crippen LogP contribution in [0.2, 0.25) is 0 Å². The number of aromatic nitrogens is 2. The lowest BCUT2D eigenvalue weighted by Crippen LogP contribution is -2.12. The molecule has 0 spiro atoms. The number of carbonyl (C=O) groups is 2. The van der Waals surface area contributed by atoms with Crippen LogP contribution in [0.1, 0.15) is 67.7 Å². The minimum atomic E-state index is -3.30. The maximum absolute atomic E-state index is 13.4. The molecule has 7 heteroatoms. The van der Waals surface area contributed by atoms with Gasteiger partial charge in [0.15, 0.2) is 15.6 Å². The van der Waals surface area contributed by atoms with Crippen LogP contribution in [-0.2, 0) is 32.9 Å². The molecule has 0 aliphatic heterocycles. The predicted octanol–water partition coefficient (Wildman–Crippen LogP) is 3.80. The Kier molecular flexibility index (Phi) is 5.40. The first-order chi connectivity index (χ1) is 15.3. The first kappa shape index (κ1) is 21.3. The summed E-state index contributed by atoms with van der Waals surface area (Å²) in [5, 5.41) is 4.08. The van der Waals surface area contributed by atoms with Crippen LogP contribution in [0.5, 0.6) is 0 Å². The summed E-state index contributed by atoms with van der Waals surface area (Å²) in [6, 6.07) is 7.24. The van der Waals surface area contributed by atoms with E-state index in [9.17, 15) is 18.0 Å². The normalized spacial score (nSPS) is 21.8. The molecule has 5 rings (SSSR count). The van der Waals surface area contributed by atoms with Crippen molar-refractivity contribution in [3.63, 3.8) is 0 Å². The topological polar surface area (TPSA) is 86.1 Å². The number of rotatable bonds is 8. The number of allylic oxidation sites excluding steroid dienone is 2. The highest BCUT2D eigenvalue weighted by Gasteiger charge is 2.40. The van der Waals surface area contributed by atoms with Crippen molar-refractivity contribution in [3.8, 4) is 0 Å². The Balaban J connectivity index is 1.53. The van der Waals surface area contributed by atoms with Crippen molar-refractivity contribution in [1.29, 1.82) is 0 Å². The van der Waals surface area contributed by atoms with Crippen LogP contribution in [0.4, 0.5) is 0 Å². The number of ketones is 2. The first-order valence-electron chi connectivity index (χ1n) is 11.4. The number of benzene rings is 1. The largest absolute Gasteiger partial charge is 0.300 e. The Hall–Kier alpha value is -2.54. The van der Waals surface area contributed by atoms with Gasteiger partial charge in [0.25, 0.3) is 0 Å². The van der Waals surface area contributed by atoms with E-state index in [4.69, 9.17) is 0 Å². The molecule has 1 atom stereocenters. The van der Waals surface area contributed by atoms with E-state index in [-0.39, 0.29) is 35.1 Å². The fourth-order valence-electron chi connectivity index (χ4n) is 4.63.